The maximum Gasteiger partial charge on any atom is 0.330 e. The van der Waals surface area contributed by atoms with E-state index in [1.165, 1.54) is 25.6 Å². The Morgan fingerprint density at radius 1 is 1.24 bits per heavy atom. The molecule has 6 heteroatoms. The Hall–Kier alpha value is -2.89. The van der Waals surface area contributed by atoms with Crippen LogP contribution >= 0.6 is 0 Å². The Morgan fingerprint density at radius 2 is 1.95 bits per heavy atom. The third-order valence-electron chi connectivity index (χ3n) is 2.90. The monoisotopic (exact) mass is 286 g/mol. The van der Waals surface area contributed by atoms with E-state index in [2.05, 4.69) is 10.3 Å². The SMILES string of the molecule is COc1cnccc1C(=O)N[C@H](C(=O)O)c1ccccc1. The molecule has 1 atom stereocenters. The number of rotatable bonds is 5. The Kier molecular flexibility index (Phi) is 4.50. The van der Waals surface area contributed by atoms with E-state index >= 15 is 0 Å². The van der Waals surface area contributed by atoms with E-state index in [0.717, 1.165) is 0 Å². The van der Waals surface area contributed by atoms with Crippen molar-refractivity contribution >= 4 is 11.9 Å². The second kappa shape index (κ2) is 6.51. The number of aliphatic carboxylic acids is 1. The van der Waals surface area contributed by atoms with Gasteiger partial charge in [-0.2, -0.15) is 0 Å². The molecule has 6 nitrogen and oxygen atoms in total. The molecule has 0 bridgehead atoms. The maximum absolute atomic E-state index is 12.2. The lowest BCUT2D eigenvalue weighted by Gasteiger charge is -2.15. The Morgan fingerprint density at radius 3 is 2.57 bits per heavy atom. The summed E-state index contributed by atoms with van der Waals surface area (Å²) in [6.45, 7) is 0. The topological polar surface area (TPSA) is 88.5 Å². The first-order valence-electron chi connectivity index (χ1n) is 6.20. The molecule has 0 fully saturated rings. The van der Waals surface area contributed by atoms with Crippen LogP contribution in [0.3, 0.4) is 0 Å². The van der Waals surface area contributed by atoms with Gasteiger partial charge in [0, 0.05) is 6.20 Å². The van der Waals surface area contributed by atoms with Gasteiger partial charge < -0.3 is 15.2 Å². The predicted molar refractivity (Wildman–Crippen MR) is 75.1 cm³/mol. The summed E-state index contributed by atoms with van der Waals surface area (Å²) in [5.74, 6) is -1.39. The Bertz CT molecular complexity index is 643. The average Bonchev–Trinajstić information content (AvgIpc) is 2.52. The molecular formula is C15H14N2O4. The van der Waals surface area contributed by atoms with Crippen LogP contribution in [-0.4, -0.2) is 29.1 Å². The molecule has 0 radical (unpaired) electrons. The van der Waals surface area contributed by atoms with Gasteiger partial charge in [-0.1, -0.05) is 30.3 Å². The molecule has 1 heterocycles. The summed E-state index contributed by atoms with van der Waals surface area (Å²) in [6.07, 6.45) is 2.84. The van der Waals surface area contributed by atoms with Gasteiger partial charge in [0.25, 0.3) is 5.91 Å². The van der Waals surface area contributed by atoms with Crippen molar-refractivity contribution in [3.63, 3.8) is 0 Å². The molecular weight excluding hydrogens is 272 g/mol. The highest BCUT2D eigenvalue weighted by Gasteiger charge is 2.23. The highest BCUT2D eigenvalue weighted by Crippen LogP contribution is 2.18. The second-order valence-corrected chi connectivity index (χ2v) is 4.23. The van der Waals surface area contributed by atoms with Gasteiger partial charge in [-0.25, -0.2) is 4.79 Å². The minimum absolute atomic E-state index is 0.231. The third-order valence-corrected chi connectivity index (χ3v) is 2.90. The molecule has 0 aliphatic heterocycles. The van der Waals surface area contributed by atoms with Crippen molar-refractivity contribution < 1.29 is 19.4 Å². The molecule has 21 heavy (non-hydrogen) atoms. The molecule has 0 aliphatic rings. The summed E-state index contributed by atoms with van der Waals surface area (Å²) in [5.41, 5.74) is 0.723. The number of methoxy groups -OCH3 is 1. The lowest BCUT2D eigenvalue weighted by atomic mass is 10.1. The number of hydrogen-bond donors (Lipinski definition) is 2. The van der Waals surface area contributed by atoms with E-state index in [0.29, 0.717) is 5.56 Å². The number of ether oxygens (including phenoxy) is 1. The molecule has 0 unspecified atom stereocenters. The normalized spacial score (nSPS) is 11.5. The van der Waals surface area contributed by atoms with Crippen LogP contribution in [-0.2, 0) is 4.79 Å². The van der Waals surface area contributed by atoms with Gasteiger partial charge in [0.15, 0.2) is 6.04 Å². The van der Waals surface area contributed by atoms with E-state index in [4.69, 9.17) is 4.74 Å². The van der Waals surface area contributed by atoms with E-state index in [1.807, 2.05) is 0 Å². The molecule has 1 amide bonds. The van der Waals surface area contributed by atoms with Crippen molar-refractivity contribution in [3.8, 4) is 5.75 Å². The molecule has 1 aromatic heterocycles. The minimum atomic E-state index is -1.14. The van der Waals surface area contributed by atoms with Crippen LogP contribution in [0.2, 0.25) is 0 Å². The quantitative estimate of drug-likeness (QED) is 0.872. The zero-order valence-electron chi connectivity index (χ0n) is 11.3. The fourth-order valence-electron chi connectivity index (χ4n) is 1.87. The first-order chi connectivity index (χ1) is 10.1. The van der Waals surface area contributed by atoms with Crippen LogP contribution in [0.1, 0.15) is 22.0 Å². The fourth-order valence-corrected chi connectivity index (χ4v) is 1.87. The summed E-state index contributed by atoms with van der Waals surface area (Å²) in [6, 6.07) is 8.82. The first kappa shape index (κ1) is 14.5. The molecule has 2 aromatic rings. The van der Waals surface area contributed by atoms with Gasteiger partial charge in [0.1, 0.15) is 5.75 Å². The molecule has 0 saturated carbocycles. The molecule has 0 aliphatic carbocycles. The molecule has 2 N–H and O–H groups in total. The zero-order valence-corrected chi connectivity index (χ0v) is 11.3. The maximum atomic E-state index is 12.2. The number of carboxylic acid groups (broad SMARTS) is 1. The lowest BCUT2D eigenvalue weighted by Crippen LogP contribution is -2.33. The molecule has 2 rings (SSSR count). The van der Waals surface area contributed by atoms with Gasteiger partial charge in [-0.15, -0.1) is 0 Å². The van der Waals surface area contributed by atoms with Crippen LogP contribution in [0.5, 0.6) is 5.75 Å². The van der Waals surface area contributed by atoms with Crippen molar-refractivity contribution in [3.05, 3.63) is 59.9 Å². The van der Waals surface area contributed by atoms with E-state index in [9.17, 15) is 14.7 Å². The fraction of sp³-hybridized carbons (Fsp3) is 0.133. The highest BCUT2D eigenvalue weighted by atomic mass is 16.5. The number of hydrogen-bond acceptors (Lipinski definition) is 4. The number of aromatic nitrogens is 1. The number of carbonyl (C=O) groups is 2. The van der Waals surface area contributed by atoms with E-state index < -0.39 is 17.9 Å². The van der Waals surface area contributed by atoms with Crippen LogP contribution in [0, 0.1) is 0 Å². The summed E-state index contributed by atoms with van der Waals surface area (Å²) in [5, 5.41) is 11.8. The van der Waals surface area contributed by atoms with Gasteiger partial charge in [-0.05, 0) is 11.6 Å². The predicted octanol–water partition coefficient (Wildman–Crippen LogP) is 1.65. The van der Waals surface area contributed by atoms with Crippen LogP contribution in [0.4, 0.5) is 0 Å². The smallest absolute Gasteiger partial charge is 0.330 e. The first-order valence-corrected chi connectivity index (χ1v) is 6.20. The van der Waals surface area contributed by atoms with Crippen LogP contribution < -0.4 is 10.1 Å². The zero-order chi connectivity index (χ0) is 15.2. The van der Waals surface area contributed by atoms with Gasteiger partial charge in [0.2, 0.25) is 0 Å². The Balaban J connectivity index is 2.25. The summed E-state index contributed by atoms with van der Waals surface area (Å²) >= 11 is 0. The highest BCUT2D eigenvalue weighted by molar-refractivity contribution is 5.98. The number of nitrogens with zero attached hydrogens (tertiary/aromatic N) is 1. The lowest BCUT2D eigenvalue weighted by molar-refractivity contribution is -0.139. The number of nitrogens with one attached hydrogen (secondary N) is 1. The van der Waals surface area contributed by atoms with E-state index in [-0.39, 0.29) is 11.3 Å². The van der Waals surface area contributed by atoms with Crippen molar-refractivity contribution in [2.24, 2.45) is 0 Å². The second-order valence-electron chi connectivity index (χ2n) is 4.23. The molecule has 1 aromatic carbocycles. The van der Waals surface area contributed by atoms with Crippen LogP contribution in [0.15, 0.2) is 48.8 Å². The number of pyridine rings is 1. The molecule has 0 spiro atoms. The minimum Gasteiger partial charge on any atom is -0.494 e. The number of benzene rings is 1. The average molecular weight is 286 g/mol. The largest absolute Gasteiger partial charge is 0.494 e. The summed E-state index contributed by atoms with van der Waals surface area (Å²) in [7, 11) is 1.42. The standard InChI is InChI=1S/C15H14N2O4/c1-21-12-9-16-8-7-11(12)14(18)17-13(15(19)20)10-5-3-2-4-6-10/h2-9,13H,1H3,(H,17,18)(H,19,20)/t13-/m0/s1. The number of amides is 1. The Labute approximate surface area is 121 Å². The third kappa shape index (κ3) is 3.36. The van der Waals surface area contributed by atoms with Crippen molar-refractivity contribution in [2.45, 2.75) is 6.04 Å². The summed E-state index contributed by atoms with van der Waals surface area (Å²) < 4.78 is 5.04. The summed E-state index contributed by atoms with van der Waals surface area (Å²) in [4.78, 5) is 27.4. The van der Waals surface area contributed by atoms with Crippen LogP contribution in [0.25, 0.3) is 0 Å². The molecule has 0 saturated heterocycles. The van der Waals surface area contributed by atoms with Crippen molar-refractivity contribution in [2.75, 3.05) is 7.11 Å². The van der Waals surface area contributed by atoms with Gasteiger partial charge in [-0.3, -0.25) is 9.78 Å². The van der Waals surface area contributed by atoms with Crippen molar-refractivity contribution in [1.82, 2.24) is 10.3 Å². The van der Waals surface area contributed by atoms with E-state index in [1.54, 1.807) is 30.3 Å². The molecule has 108 valence electrons. The number of carbonyl (C=O) groups excluding carboxylic acids is 1. The van der Waals surface area contributed by atoms with Gasteiger partial charge >= 0.3 is 5.97 Å². The number of carboxylic acids is 1. The van der Waals surface area contributed by atoms with Gasteiger partial charge in [0.05, 0.1) is 18.9 Å². The van der Waals surface area contributed by atoms with Crippen molar-refractivity contribution in [1.29, 1.82) is 0 Å².